The molecular weight excluding hydrogens is 378 g/mol. The second kappa shape index (κ2) is 9.73. The number of rotatable bonds is 8. The number of hydrogen-bond donors (Lipinski definition) is 1. The Labute approximate surface area is 169 Å². The molecule has 1 N–H and O–H groups in total. The zero-order valence-corrected chi connectivity index (χ0v) is 18.3. The van der Waals surface area contributed by atoms with E-state index in [1.54, 1.807) is 18.3 Å². The number of benzene rings is 1. The monoisotopic (exact) mass is 407 g/mol. The molecule has 27 heavy (non-hydrogen) atoms. The molecule has 1 aromatic carbocycles. The van der Waals surface area contributed by atoms with Gasteiger partial charge in [0.1, 0.15) is 4.75 Å². The van der Waals surface area contributed by atoms with Crippen molar-refractivity contribution in [3.63, 3.8) is 0 Å². The quantitative estimate of drug-likeness (QED) is 0.509. The van der Waals surface area contributed by atoms with Gasteiger partial charge in [-0.05, 0) is 57.9 Å². The Kier molecular flexibility index (Phi) is 7.91. The van der Waals surface area contributed by atoms with E-state index in [4.69, 9.17) is 4.74 Å². The van der Waals surface area contributed by atoms with Gasteiger partial charge in [0.15, 0.2) is 0 Å². The number of thiophene rings is 1. The first-order valence-corrected chi connectivity index (χ1v) is 11.1. The Morgan fingerprint density at radius 2 is 1.96 bits per heavy atom. The first-order chi connectivity index (χ1) is 12.7. The summed E-state index contributed by atoms with van der Waals surface area (Å²) in [5.74, 6) is -0.283. The molecule has 0 amide bonds. The van der Waals surface area contributed by atoms with Crippen molar-refractivity contribution < 1.29 is 14.1 Å². The van der Waals surface area contributed by atoms with Crippen LogP contribution in [0.2, 0.25) is 0 Å². The molecule has 0 saturated heterocycles. The summed E-state index contributed by atoms with van der Waals surface area (Å²) in [5, 5.41) is 0. The van der Waals surface area contributed by atoms with Crippen molar-refractivity contribution in [2.75, 3.05) is 6.61 Å². The van der Waals surface area contributed by atoms with E-state index in [-0.39, 0.29) is 18.4 Å². The van der Waals surface area contributed by atoms with Crippen molar-refractivity contribution in [2.45, 2.75) is 58.2 Å². The van der Waals surface area contributed by atoms with E-state index in [0.717, 1.165) is 11.3 Å². The molecule has 2 rings (SSSR count). The molecular formula is C21H29NO3S2. The minimum absolute atomic E-state index is 0.167. The molecule has 0 aliphatic carbocycles. The van der Waals surface area contributed by atoms with Crippen LogP contribution in [0.25, 0.3) is 0 Å². The summed E-state index contributed by atoms with van der Waals surface area (Å²) >= 11 is 0.381. The van der Waals surface area contributed by atoms with Crippen LogP contribution in [0.4, 0.5) is 0 Å². The van der Waals surface area contributed by atoms with Gasteiger partial charge in [-0.15, -0.1) is 16.1 Å². The van der Waals surface area contributed by atoms with E-state index < -0.39 is 16.1 Å². The van der Waals surface area contributed by atoms with Crippen LogP contribution < -0.4 is 4.72 Å². The second-order valence-corrected chi connectivity index (χ2v) is 10.7. The Morgan fingerprint density at radius 3 is 2.59 bits per heavy atom. The fourth-order valence-corrected chi connectivity index (χ4v) is 4.55. The lowest BCUT2D eigenvalue weighted by atomic mass is 10.1. The van der Waals surface area contributed by atoms with Gasteiger partial charge in [0, 0.05) is 27.5 Å². The number of ether oxygens (including phenoxy) is 1. The summed E-state index contributed by atoms with van der Waals surface area (Å²) in [6.45, 7) is 9.98. The van der Waals surface area contributed by atoms with Gasteiger partial charge in [0.05, 0.1) is 19.1 Å². The van der Waals surface area contributed by atoms with Gasteiger partial charge >= 0.3 is 5.97 Å². The third-order valence-corrected chi connectivity index (χ3v) is 6.94. The minimum Gasteiger partial charge on any atom is -0.598 e. The summed E-state index contributed by atoms with van der Waals surface area (Å²) in [5.41, 5.74) is 2.56. The molecule has 4 nitrogen and oxygen atoms in total. The van der Waals surface area contributed by atoms with Crippen molar-refractivity contribution in [1.82, 2.24) is 4.72 Å². The Bertz CT molecular complexity index is 752. The maximum atomic E-state index is 12.6. The Balaban J connectivity index is 2.18. The molecule has 0 aliphatic heterocycles. The van der Waals surface area contributed by atoms with E-state index in [9.17, 15) is 9.35 Å². The zero-order chi connectivity index (χ0) is 20.0. The van der Waals surface area contributed by atoms with Gasteiger partial charge < -0.3 is 9.29 Å². The molecule has 1 heterocycles. The van der Waals surface area contributed by atoms with Gasteiger partial charge in [-0.1, -0.05) is 24.3 Å². The van der Waals surface area contributed by atoms with Crippen LogP contribution in [-0.4, -0.2) is 21.9 Å². The highest BCUT2D eigenvalue weighted by atomic mass is 32.2. The molecule has 2 atom stereocenters. The molecule has 1 aromatic heterocycles. The average Bonchev–Trinajstić information content (AvgIpc) is 3.04. The largest absolute Gasteiger partial charge is 0.598 e. The molecule has 0 radical (unpaired) electrons. The SMILES string of the molecule is CCOC(=O)C[C@H](N[S@+]([O-])C(C)(C)C)c1ccc(Cc2ccccc2C)s1. The third-order valence-electron chi connectivity index (χ3n) is 4.13. The Hall–Kier alpha value is -1.34. The fourth-order valence-electron chi connectivity index (χ4n) is 2.57. The van der Waals surface area contributed by atoms with Gasteiger partial charge in [-0.3, -0.25) is 4.79 Å². The van der Waals surface area contributed by atoms with Crippen LogP contribution in [0.5, 0.6) is 0 Å². The molecule has 0 bridgehead atoms. The summed E-state index contributed by atoms with van der Waals surface area (Å²) in [7, 11) is 0. The van der Waals surface area contributed by atoms with E-state index in [1.807, 2.05) is 32.9 Å². The van der Waals surface area contributed by atoms with Crippen LogP contribution in [0.1, 0.15) is 61.0 Å². The van der Waals surface area contributed by atoms with Gasteiger partial charge in [0.2, 0.25) is 0 Å². The zero-order valence-electron chi connectivity index (χ0n) is 16.7. The van der Waals surface area contributed by atoms with Crippen LogP contribution >= 0.6 is 11.3 Å². The molecule has 0 spiro atoms. The fraction of sp³-hybridized carbons (Fsp3) is 0.476. The maximum Gasteiger partial charge on any atom is 0.307 e. The summed E-state index contributed by atoms with van der Waals surface area (Å²) in [6.07, 6.45) is 1.02. The first-order valence-electron chi connectivity index (χ1n) is 9.17. The number of hydrogen-bond acceptors (Lipinski definition) is 5. The van der Waals surface area contributed by atoms with E-state index in [0.29, 0.717) is 6.61 Å². The molecule has 0 fully saturated rings. The molecule has 0 unspecified atom stereocenters. The predicted octanol–water partition coefficient (Wildman–Crippen LogP) is 4.69. The van der Waals surface area contributed by atoms with Crippen molar-refractivity contribution in [3.05, 3.63) is 57.3 Å². The highest BCUT2D eigenvalue weighted by Gasteiger charge is 2.31. The number of aryl methyl sites for hydroxylation is 1. The number of carbonyl (C=O) groups is 1. The van der Waals surface area contributed by atoms with Crippen molar-refractivity contribution in [2.24, 2.45) is 0 Å². The van der Waals surface area contributed by atoms with Gasteiger partial charge in [0.25, 0.3) is 0 Å². The molecule has 2 aromatic rings. The number of esters is 1. The first kappa shape index (κ1) is 22.0. The van der Waals surface area contributed by atoms with E-state index in [1.165, 1.54) is 16.0 Å². The lowest BCUT2D eigenvalue weighted by molar-refractivity contribution is -0.143. The predicted molar refractivity (Wildman–Crippen MR) is 113 cm³/mol. The molecule has 148 valence electrons. The normalized spacial score (nSPS) is 14.0. The maximum absolute atomic E-state index is 12.6. The lowest BCUT2D eigenvalue weighted by Gasteiger charge is -2.27. The highest BCUT2D eigenvalue weighted by molar-refractivity contribution is 7.90. The van der Waals surface area contributed by atoms with Crippen LogP contribution in [0.15, 0.2) is 36.4 Å². The minimum atomic E-state index is -1.27. The lowest BCUT2D eigenvalue weighted by Crippen LogP contribution is -2.41. The number of nitrogens with one attached hydrogen (secondary N) is 1. The summed E-state index contributed by atoms with van der Waals surface area (Å²) in [6, 6.07) is 12.1. The van der Waals surface area contributed by atoms with Crippen LogP contribution in [0, 0.1) is 6.92 Å². The van der Waals surface area contributed by atoms with Crippen LogP contribution in [0.3, 0.4) is 0 Å². The van der Waals surface area contributed by atoms with Gasteiger partial charge in [-0.2, -0.15) is 0 Å². The molecule has 0 aliphatic rings. The molecule has 6 heteroatoms. The van der Waals surface area contributed by atoms with Crippen molar-refractivity contribution >= 4 is 28.7 Å². The van der Waals surface area contributed by atoms with E-state index in [2.05, 4.69) is 35.9 Å². The average molecular weight is 408 g/mol. The van der Waals surface area contributed by atoms with Gasteiger partial charge in [-0.25, -0.2) is 0 Å². The van der Waals surface area contributed by atoms with Crippen LogP contribution in [-0.2, 0) is 27.3 Å². The smallest absolute Gasteiger partial charge is 0.307 e. The Morgan fingerprint density at radius 1 is 1.26 bits per heavy atom. The topological polar surface area (TPSA) is 61.4 Å². The second-order valence-electron chi connectivity index (χ2n) is 7.47. The number of carbonyl (C=O) groups excluding carboxylic acids is 1. The summed E-state index contributed by atoms with van der Waals surface area (Å²) in [4.78, 5) is 14.3. The van der Waals surface area contributed by atoms with Crippen molar-refractivity contribution in [3.8, 4) is 0 Å². The molecule has 0 saturated carbocycles. The van der Waals surface area contributed by atoms with E-state index >= 15 is 0 Å². The summed E-state index contributed by atoms with van der Waals surface area (Å²) < 4.78 is 20.4. The standard InChI is InChI=1S/C21H29NO3S2/c1-6-25-20(23)14-18(22-27(24)21(3,4)5)19-12-11-17(26-19)13-16-10-8-7-9-15(16)2/h7-12,18,22H,6,13-14H2,1-5H3/t18-,27+/m0/s1. The third kappa shape index (κ3) is 6.64. The van der Waals surface area contributed by atoms with Crippen molar-refractivity contribution in [1.29, 1.82) is 0 Å². The highest BCUT2D eigenvalue weighted by Crippen LogP contribution is 2.30.